The number of amides is 1. The maximum Gasteiger partial charge on any atom is 0.327 e. The van der Waals surface area contributed by atoms with Crippen molar-refractivity contribution < 1.29 is 22.0 Å². The lowest BCUT2D eigenvalue weighted by molar-refractivity contribution is -0.110. The summed E-state index contributed by atoms with van der Waals surface area (Å²) in [6.07, 6.45) is 4.57. The molecule has 0 radical (unpaired) electrons. The van der Waals surface area contributed by atoms with E-state index in [1.165, 1.54) is 7.05 Å². The van der Waals surface area contributed by atoms with Crippen LogP contribution in [-0.4, -0.2) is 70.9 Å². The number of nitrogens with one attached hydrogen (secondary N) is 1. The second-order valence-electron chi connectivity index (χ2n) is 8.59. The molecule has 4 rings (SSSR count). The summed E-state index contributed by atoms with van der Waals surface area (Å²) in [5, 5.41) is 2.75. The van der Waals surface area contributed by atoms with Gasteiger partial charge in [-0.1, -0.05) is 13.0 Å². The zero-order chi connectivity index (χ0) is 23.7. The van der Waals surface area contributed by atoms with E-state index in [0.29, 0.717) is 30.6 Å². The molecule has 0 bridgehead atoms. The van der Waals surface area contributed by atoms with Gasteiger partial charge in [-0.2, -0.15) is 8.42 Å². The Balaban J connectivity index is 0.000000523. The van der Waals surface area contributed by atoms with E-state index >= 15 is 0 Å². The van der Waals surface area contributed by atoms with Crippen LogP contribution in [0.15, 0.2) is 18.2 Å². The van der Waals surface area contributed by atoms with Crippen LogP contribution in [0.3, 0.4) is 0 Å². The molecule has 0 saturated heterocycles. The smallest absolute Gasteiger partial charge is 0.327 e. The Morgan fingerprint density at radius 3 is 2.50 bits per heavy atom. The fourth-order valence-corrected chi connectivity index (χ4v) is 5.01. The summed E-state index contributed by atoms with van der Waals surface area (Å²) >= 11 is 0. The first-order valence-electron chi connectivity index (χ1n) is 10.7. The van der Waals surface area contributed by atoms with Gasteiger partial charge < -0.3 is 10.2 Å². The topological polar surface area (TPSA) is 85.8 Å². The zero-order valence-corrected chi connectivity index (χ0v) is 19.7. The van der Waals surface area contributed by atoms with Crippen molar-refractivity contribution in [1.29, 1.82) is 0 Å². The lowest BCUT2D eigenvalue weighted by Crippen LogP contribution is -2.37. The summed E-state index contributed by atoms with van der Waals surface area (Å²) in [6.45, 7) is 3.02. The van der Waals surface area contributed by atoms with E-state index in [4.69, 9.17) is 0 Å². The number of carbonyl (C=O) groups is 1. The van der Waals surface area contributed by atoms with Crippen LogP contribution in [0, 0.1) is 5.92 Å². The molecule has 0 aromatic carbocycles. The Bertz CT molecular complexity index is 984. The molecule has 8 nitrogen and oxygen atoms in total. The van der Waals surface area contributed by atoms with Gasteiger partial charge in [0.2, 0.25) is 6.41 Å². The van der Waals surface area contributed by atoms with Crippen molar-refractivity contribution in [3.63, 3.8) is 0 Å². The van der Waals surface area contributed by atoms with E-state index < -0.39 is 22.0 Å². The summed E-state index contributed by atoms with van der Waals surface area (Å²) in [5.41, 5.74) is 1.99. The minimum absolute atomic E-state index is 0.0967. The van der Waals surface area contributed by atoms with E-state index in [1.54, 1.807) is 12.1 Å². The monoisotopic (exact) mass is 471 g/mol. The van der Waals surface area contributed by atoms with Crippen molar-refractivity contribution in [2.45, 2.75) is 44.6 Å². The highest BCUT2D eigenvalue weighted by molar-refractivity contribution is 7.94. The summed E-state index contributed by atoms with van der Waals surface area (Å²) in [7, 11) is 1.60. The second-order valence-corrected chi connectivity index (χ2v) is 10.5. The van der Waals surface area contributed by atoms with E-state index in [9.17, 15) is 22.0 Å². The van der Waals surface area contributed by atoms with Crippen LogP contribution in [0.25, 0.3) is 5.57 Å². The van der Waals surface area contributed by atoms with Crippen LogP contribution in [0.2, 0.25) is 0 Å². The fraction of sp³-hybridized carbons (Fsp3) is 0.619. The molecule has 3 aliphatic rings. The van der Waals surface area contributed by atoms with Gasteiger partial charge in [0.25, 0.3) is 5.92 Å². The molecule has 1 saturated carbocycles. The molecule has 2 aliphatic carbocycles. The van der Waals surface area contributed by atoms with Crippen LogP contribution in [0.5, 0.6) is 0 Å². The van der Waals surface area contributed by atoms with Crippen molar-refractivity contribution in [3.8, 4) is 0 Å². The number of rotatable bonds is 6. The number of hydrogen-bond acceptors (Lipinski definition) is 5. The summed E-state index contributed by atoms with van der Waals surface area (Å²) in [6, 6.07) is 3.46. The number of alkyl halides is 2. The number of nitrogens with zero attached hydrogens (tertiary/aromatic N) is 4. The second kappa shape index (κ2) is 9.30. The third kappa shape index (κ3) is 5.03. The van der Waals surface area contributed by atoms with E-state index in [2.05, 4.69) is 36.2 Å². The largest absolute Gasteiger partial charge is 0.356 e. The quantitative estimate of drug-likeness (QED) is 0.645. The van der Waals surface area contributed by atoms with Crippen molar-refractivity contribution in [1.82, 2.24) is 15.2 Å². The SMILES string of the molecule is CCN(C)C.CN1c2nc(C3=CCC(NC=O)CC3)ccc2N(CC2CC2(F)F)S1(=O)=O. The van der Waals surface area contributed by atoms with Gasteiger partial charge in [0.05, 0.1) is 11.4 Å². The highest BCUT2D eigenvalue weighted by atomic mass is 32.2. The molecule has 0 spiro atoms. The Kier molecular flexibility index (Phi) is 7.09. The number of fused-ring (bicyclic) bond motifs is 1. The highest BCUT2D eigenvalue weighted by Gasteiger charge is 2.59. The van der Waals surface area contributed by atoms with Gasteiger partial charge in [-0.15, -0.1) is 0 Å². The lowest BCUT2D eigenvalue weighted by Gasteiger charge is -2.21. The number of hydrogen-bond donors (Lipinski definition) is 1. The first kappa shape index (κ1) is 24.4. The molecule has 1 aliphatic heterocycles. The Morgan fingerprint density at radius 2 is 2.00 bits per heavy atom. The average Bonchev–Trinajstić information content (AvgIpc) is 3.32. The third-order valence-electron chi connectivity index (χ3n) is 6.06. The zero-order valence-electron chi connectivity index (χ0n) is 18.9. The highest BCUT2D eigenvalue weighted by Crippen LogP contribution is 2.51. The maximum absolute atomic E-state index is 13.3. The molecule has 1 fully saturated rings. The van der Waals surface area contributed by atoms with Crippen LogP contribution in [0.1, 0.15) is 38.3 Å². The van der Waals surface area contributed by atoms with E-state index in [1.807, 2.05) is 6.08 Å². The molecule has 1 aromatic rings. The van der Waals surface area contributed by atoms with Gasteiger partial charge in [-0.3, -0.25) is 4.79 Å². The minimum Gasteiger partial charge on any atom is -0.356 e. The number of halogens is 2. The van der Waals surface area contributed by atoms with Crippen molar-refractivity contribution in [2.24, 2.45) is 5.92 Å². The van der Waals surface area contributed by atoms with Gasteiger partial charge in [-0.05, 0) is 57.6 Å². The standard InChI is InChI=1S/C17H20F2N4O3S.C4H11N/c1-22-16-15(23(27(22,25)26)9-12-8-17(12,18)19)7-6-14(21-16)11-2-4-13(5-3-11)20-10-24;1-4-5(2)3/h2,6-7,10,12-13H,3-5,8-9H2,1H3,(H,20,24);4H2,1-3H3. The first-order chi connectivity index (χ1) is 15.0. The molecule has 32 heavy (non-hydrogen) atoms. The molecular formula is C21H31F2N5O3S. The summed E-state index contributed by atoms with van der Waals surface area (Å²) < 4.78 is 53.9. The molecule has 11 heteroatoms. The Hall–Kier alpha value is -2.27. The molecule has 1 N–H and O–H groups in total. The average molecular weight is 472 g/mol. The van der Waals surface area contributed by atoms with E-state index in [0.717, 1.165) is 27.1 Å². The van der Waals surface area contributed by atoms with Gasteiger partial charge in [0.15, 0.2) is 5.82 Å². The molecular weight excluding hydrogens is 440 g/mol. The van der Waals surface area contributed by atoms with Gasteiger partial charge in [-0.25, -0.2) is 22.4 Å². The number of anilines is 2. The molecule has 178 valence electrons. The number of pyridine rings is 1. The van der Waals surface area contributed by atoms with Crippen LogP contribution < -0.4 is 13.9 Å². The molecule has 2 heterocycles. The first-order valence-corrected chi connectivity index (χ1v) is 12.1. The summed E-state index contributed by atoms with van der Waals surface area (Å²) in [5.74, 6) is -3.48. The van der Waals surface area contributed by atoms with E-state index in [-0.39, 0.29) is 24.8 Å². The van der Waals surface area contributed by atoms with Crippen LogP contribution >= 0.6 is 0 Å². The maximum atomic E-state index is 13.3. The molecule has 1 aromatic heterocycles. The molecule has 2 unspecified atom stereocenters. The Morgan fingerprint density at radius 1 is 1.34 bits per heavy atom. The number of aromatic nitrogens is 1. The predicted octanol–water partition coefficient (Wildman–Crippen LogP) is 2.49. The molecule has 1 amide bonds. The van der Waals surface area contributed by atoms with Crippen LogP contribution in [-0.2, 0) is 15.0 Å². The summed E-state index contributed by atoms with van der Waals surface area (Å²) in [4.78, 5) is 17.2. The van der Waals surface area contributed by atoms with Crippen molar-refractivity contribution in [2.75, 3.05) is 42.8 Å². The van der Waals surface area contributed by atoms with Gasteiger partial charge >= 0.3 is 10.2 Å². The van der Waals surface area contributed by atoms with Gasteiger partial charge in [0, 0.05) is 32.0 Å². The predicted molar refractivity (Wildman–Crippen MR) is 121 cm³/mol. The third-order valence-corrected chi connectivity index (χ3v) is 7.83. The van der Waals surface area contributed by atoms with Crippen molar-refractivity contribution >= 4 is 33.7 Å². The minimum atomic E-state index is -3.89. The van der Waals surface area contributed by atoms with Crippen LogP contribution in [0.4, 0.5) is 20.3 Å². The van der Waals surface area contributed by atoms with Crippen molar-refractivity contribution in [3.05, 3.63) is 23.9 Å². The van der Waals surface area contributed by atoms with Gasteiger partial charge in [0.1, 0.15) is 0 Å². The fourth-order valence-electron chi connectivity index (χ4n) is 3.60. The number of carbonyl (C=O) groups excluding carboxylic acids is 1. The Labute approximate surface area is 188 Å². The molecule has 2 atom stereocenters. The lowest BCUT2D eigenvalue weighted by atomic mass is 9.93. The number of allylic oxidation sites excluding steroid dienone is 1. The normalized spacial score (nSPS) is 24.9.